The van der Waals surface area contributed by atoms with E-state index in [0.717, 1.165) is 17.9 Å². The van der Waals surface area contributed by atoms with Gasteiger partial charge in [0.1, 0.15) is 0 Å². The van der Waals surface area contributed by atoms with Crippen LogP contribution in [-0.4, -0.2) is 5.11 Å². The van der Waals surface area contributed by atoms with E-state index in [2.05, 4.69) is 52.8 Å². The molecule has 0 saturated carbocycles. The second-order valence-electron chi connectivity index (χ2n) is 7.51. The van der Waals surface area contributed by atoms with Crippen molar-refractivity contribution in [3.05, 3.63) is 35.4 Å². The van der Waals surface area contributed by atoms with Crippen molar-refractivity contribution in [3.8, 4) is 0 Å². The molecule has 1 unspecified atom stereocenters. The first-order chi connectivity index (χ1) is 9.12. The molecule has 0 fully saturated rings. The lowest BCUT2D eigenvalue weighted by atomic mass is 9.74. The Morgan fingerprint density at radius 3 is 2.00 bits per heavy atom. The molecule has 1 nitrogen and oxygen atoms in total. The van der Waals surface area contributed by atoms with E-state index in [1.54, 1.807) is 0 Å². The minimum absolute atomic E-state index is 0.659. The minimum atomic E-state index is -0.755. The first kappa shape index (κ1) is 17.2. The Kier molecular flexibility index (Phi) is 5.82. The number of aliphatic hydroxyl groups is 1. The van der Waals surface area contributed by atoms with Gasteiger partial charge in [-0.15, -0.1) is 0 Å². The van der Waals surface area contributed by atoms with E-state index >= 15 is 0 Å². The maximum atomic E-state index is 10.1. The number of rotatable bonds is 6. The quantitative estimate of drug-likeness (QED) is 0.773. The van der Waals surface area contributed by atoms with Crippen LogP contribution >= 0.6 is 0 Å². The van der Waals surface area contributed by atoms with Gasteiger partial charge < -0.3 is 5.11 Å². The summed E-state index contributed by atoms with van der Waals surface area (Å²) in [4.78, 5) is 0. The zero-order valence-electron chi connectivity index (χ0n) is 14.3. The van der Waals surface area contributed by atoms with Gasteiger partial charge in [-0.25, -0.2) is 0 Å². The third-order valence-corrected chi connectivity index (χ3v) is 4.39. The number of hydrogen-bond acceptors (Lipinski definition) is 1. The van der Waals surface area contributed by atoms with Crippen LogP contribution in [0.15, 0.2) is 24.3 Å². The lowest BCUT2D eigenvalue weighted by molar-refractivity contribution is 0.0784. The number of benzene rings is 1. The maximum absolute atomic E-state index is 10.1. The molecule has 1 aromatic rings. The largest absolute Gasteiger partial charge is 0.386 e. The molecule has 20 heavy (non-hydrogen) atoms. The van der Waals surface area contributed by atoms with Crippen LogP contribution in [0.25, 0.3) is 0 Å². The molecule has 1 atom stereocenters. The van der Waals surface area contributed by atoms with Crippen LogP contribution in [0.2, 0.25) is 0 Å². The summed E-state index contributed by atoms with van der Waals surface area (Å²) in [6.07, 6.45) is 1.09. The van der Waals surface area contributed by atoms with E-state index in [4.69, 9.17) is 0 Å². The van der Waals surface area contributed by atoms with Gasteiger partial charge in [-0.3, -0.25) is 0 Å². The molecular formula is C19H32O. The van der Waals surface area contributed by atoms with Gasteiger partial charge in [0.05, 0.1) is 5.60 Å². The second kappa shape index (κ2) is 6.76. The van der Waals surface area contributed by atoms with E-state index in [9.17, 15) is 5.11 Å². The van der Waals surface area contributed by atoms with Crippen molar-refractivity contribution in [1.82, 2.24) is 0 Å². The molecule has 0 radical (unpaired) electrons. The van der Waals surface area contributed by atoms with Crippen LogP contribution in [0.5, 0.6) is 0 Å². The Morgan fingerprint density at radius 1 is 1.00 bits per heavy atom. The molecule has 0 bridgehead atoms. The Morgan fingerprint density at radius 2 is 1.55 bits per heavy atom. The van der Waals surface area contributed by atoms with Crippen LogP contribution in [0, 0.1) is 23.7 Å². The summed E-state index contributed by atoms with van der Waals surface area (Å²) in [7, 11) is 0. The van der Waals surface area contributed by atoms with Crippen molar-refractivity contribution < 1.29 is 5.11 Å². The van der Waals surface area contributed by atoms with Gasteiger partial charge in [-0.2, -0.15) is 0 Å². The fraction of sp³-hybridized carbons (Fsp3) is 0.684. The minimum Gasteiger partial charge on any atom is -0.386 e. The fourth-order valence-electron chi connectivity index (χ4n) is 3.67. The van der Waals surface area contributed by atoms with Crippen molar-refractivity contribution >= 4 is 0 Å². The van der Waals surface area contributed by atoms with E-state index in [0.29, 0.717) is 17.8 Å². The summed E-state index contributed by atoms with van der Waals surface area (Å²) in [6.45, 7) is 15.4. The molecule has 0 aliphatic heterocycles. The fourth-order valence-corrected chi connectivity index (χ4v) is 3.67. The molecular weight excluding hydrogens is 244 g/mol. The van der Waals surface area contributed by atoms with E-state index in [1.165, 1.54) is 5.56 Å². The first-order valence-corrected chi connectivity index (χ1v) is 7.94. The molecule has 0 spiro atoms. The predicted molar refractivity (Wildman–Crippen MR) is 87.7 cm³/mol. The zero-order chi connectivity index (χ0) is 15.5. The molecule has 0 aliphatic rings. The summed E-state index contributed by atoms with van der Waals surface area (Å²) in [5, 5.41) is 10.1. The lowest BCUT2D eigenvalue weighted by Gasteiger charge is -2.31. The highest BCUT2D eigenvalue weighted by Crippen LogP contribution is 2.31. The molecule has 1 rings (SSSR count). The van der Waals surface area contributed by atoms with Gasteiger partial charge in [-0.05, 0) is 55.1 Å². The number of hydrogen-bond donors (Lipinski definition) is 1. The van der Waals surface area contributed by atoms with Crippen LogP contribution < -0.4 is 0 Å². The van der Waals surface area contributed by atoms with Crippen LogP contribution in [0.3, 0.4) is 0 Å². The van der Waals surface area contributed by atoms with E-state index in [-0.39, 0.29) is 0 Å². The van der Waals surface area contributed by atoms with Gasteiger partial charge in [0.25, 0.3) is 0 Å². The summed E-state index contributed by atoms with van der Waals surface area (Å²) < 4.78 is 0. The lowest BCUT2D eigenvalue weighted by Crippen LogP contribution is -2.25. The van der Waals surface area contributed by atoms with Crippen molar-refractivity contribution in [2.45, 2.75) is 60.5 Å². The Labute approximate surface area is 125 Å². The third kappa shape index (κ3) is 4.63. The topological polar surface area (TPSA) is 20.2 Å². The Bertz CT molecular complexity index is 404. The van der Waals surface area contributed by atoms with Gasteiger partial charge in [0.2, 0.25) is 0 Å². The van der Waals surface area contributed by atoms with Crippen molar-refractivity contribution in [2.24, 2.45) is 23.7 Å². The zero-order valence-corrected chi connectivity index (χ0v) is 14.3. The highest BCUT2D eigenvalue weighted by atomic mass is 16.3. The normalized spacial score (nSPS) is 14.3. The first-order valence-electron chi connectivity index (χ1n) is 7.94. The average Bonchev–Trinajstić information content (AvgIpc) is 2.26. The summed E-state index contributed by atoms with van der Waals surface area (Å²) in [5.41, 5.74) is 1.59. The van der Waals surface area contributed by atoms with Crippen LogP contribution in [-0.2, 0) is 12.0 Å². The summed E-state index contributed by atoms with van der Waals surface area (Å²) in [5.74, 6) is 2.82. The van der Waals surface area contributed by atoms with Crippen molar-refractivity contribution in [3.63, 3.8) is 0 Å². The molecule has 0 amide bonds. The Hall–Kier alpha value is -0.820. The maximum Gasteiger partial charge on any atom is 0.0840 e. The molecule has 114 valence electrons. The van der Waals surface area contributed by atoms with Gasteiger partial charge in [0.15, 0.2) is 0 Å². The molecule has 1 heteroatoms. The third-order valence-electron chi connectivity index (χ3n) is 4.39. The Balaban J connectivity index is 2.87. The summed E-state index contributed by atoms with van der Waals surface area (Å²) >= 11 is 0. The predicted octanol–water partition coefficient (Wildman–Crippen LogP) is 5.02. The van der Waals surface area contributed by atoms with Crippen molar-refractivity contribution in [1.29, 1.82) is 0 Å². The highest BCUT2D eigenvalue weighted by Gasteiger charge is 2.24. The monoisotopic (exact) mass is 276 g/mol. The molecule has 0 aliphatic carbocycles. The summed E-state index contributed by atoms with van der Waals surface area (Å²) in [6, 6.07) is 8.42. The van der Waals surface area contributed by atoms with E-state index < -0.39 is 5.60 Å². The van der Waals surface area contributed by atoms with Crippen LogP contribution in [0.1, 0.15) is 59.6 Å². The average molecular weight is 276 g/mol. The smallest absolute Gasteiger partial charge is 0.0840 e. The molecule has 1 aromatic carbocycles. The van der Waals surface area contributed by atoms with Gasteiger partial charge in [0, 0.05) is 0 Å². The second-order valence-corrected chi connectivity index (χ2v) is 7.51. The molecule has 0 heterocycles. The highest BCUT2D eigenvalue weighted by molar-refractivity contribution is 5.27. The van der Waals surface area contributed by atoms with Crippen molar-refractivity contribution in [2.75, 3.05) is 0 Å². The van der Waals surface area contributed by atoms with Gasteiger partial charge >= 0.3 is 0 Å². The molecule has 0 aromatic heterocycles. The van der Waals surface area contributed by atoms with Crippen LogP contribution in [0.4, 0.5) is 0 Å². The standard InChI is InChI=1S/C19H32O/c1-13(2)18(14(3)4)15(5)11-16-9-8-10-17(12-16)19(6,7)20/h8-10,12-15,18,20H,11H2,1-7H3. The molecule has 0 saturated heterocycles. The van der Waals surface area contributed by atoms with E-state index in [1.807, 2.05) is 19.9 Å². The molecule has 1 N–H and O–H groups in total. The SMILES string of the molecule is CC(C)C(C(C)C)C(C)Cc1cccc(C(C)(C)O)c1. The van der Waals surface area contributed by atoms with Gasteiger partial charge in [-0.1, -0.05) is 58.9 Å².